The first-order valence-electron chi connectivity index (χ1n) is 9.01. The van der Waals surface area contributed by atoms with E-state index in [1.165, 1.54) is 12.8 Å². The Bertz CT molecular complexity index is 857. The Balaban J connectivity index is 1.46. The van der Waals surface area contributed by atoms with Crippen LogP contribution in [0.4, 0.5) is 0 Å². The second-order valence-corrected chi connectivity index (χ2v) is 7.66. The Morgan fingerprint density at radius 2 is 1.92 bits per heavy atom. The van der Waals surface area contributed by atoms with Gasteiger partial charge in [-0.15, -0.1) is 0 Å². The minimum atomic E-state index is 0.359. The van der Waals surface area contributed by atoms with Gasteiger partial charge in [0.1, 0.15) is 6.33 Å². The summed E-state index contributed by atoms with van der Waals surface area (Å²) in [5, 5.41) is 4.15. The minimum absolute atomic E-state index is 0.359. The second-order valence-electron chi connectivity index (χ2n) is 7.66. The lowest BCUT2D eigenvalue weighted by Gasteiger charge is -2.37. The molecule has 0 aliphatic carbocycles. The number of nitrogens with zero attached hydrogens (tertiary/aromatic N) is 5. The Labute approximate surface area is 153 Å². The summed E-state index contributed by atoms with van der Waals surface area (Å²) in [6, 6.07) is 9.91. The molecule has 0 saturated carbocycles. The maximum atomic E-state index is 5.48. The zero-order chi connectivity index (χ0) is 18.0. The van der Waals surface area contributed by atoms with Crippen LogP contribution in [0.25, 0.3) is 22.6 Å². The van der Waals surface area contributed by atoms with Crippen LogP contribution < -0.4 is 0 Å². The van der Waals surface area contributed by atoms with E-state index < -0.39 is 0 Å². The van der Waals surface area contributed by atoms with Crippen molar-refractivity contribution in [1.82, 2.24) is 25.0 Å². The monoisotopic (exact) mass is 349 g/mol. The first kappa shape index (κ1) is 16.8. The third kappa shape index (κ3) is 3.80. The van der Waals surface area contributed by atoms with E-state index in [-0.39, 0.29) is 0 Å². The Hall–Kier alpha value is -2.60. The topological polar surface area (TPSA) is 67.9 Å². The van der Waals surface area contributed by atoms with Crippen LogP contribution in [0.2, 0.25) is 0 Å². The third-order valence-electron chi connectivity index (χ3n) is 4.83. The molecule has 0 atom stereocenters. The van der Waals surface area contributed by atoms with E-state index in [4.69, 9.17) is 4.52 Å². The molecule has 1 fully saturated rings. The van der Waals surface area contributed by atoms with Gasteiger partial charge in [0.05, 0.1) is 12.2 Å². The summed E-state index contributed by atoms with van der Waals surface area (Å²) in [7, 11) is 0. The largest absolute Gasteiger partial charge is 0.338 e. The fourth-order valence-electron chi connectivity index (χ4n) is 3.56. The molecular formula is C20H23N5O. The van der Waals surface area contributed by atoms with Crippen molar-refractivity contribution >= 4 is 0 Å². The summed E-state index contributed by atoms with van der Waals surface area (Å²) in [4.78, 5) is 15.2. The van der Waals surface area contributed by atoms with Crippen molar-refractivity contribution < 1.29 is 4.52 Å². The lowest BCUT2D eigenvalue weighted by Crippen LogP contribution is -2.39. The van der Waals surface area contributed by atoms with Gasteiger partial charge in [0, 0.05) is 23.9 Å². The predicted octanol–water partition coefficient (Wildman–Crippen LogP) is 3.82. The average molecular weight is 349 g/mol. The zero-order valence-corrected chi connectivity index (χ0v) is 15.2. The number of hydrogen-bond donors (Lipinski definition) is 0. The standard InChI is InChI=1S/C20H23N5O/c1-20(2)9-3-11-25(13-20)12-18-23-19(24-26-18)16-6-4-15(5-7-16)17-8-10-21-14-22-17/h4-8,10,14H,3,9,11-13H2,1-2H3. The predicted molar refractivity (Wildman–Crippen MR) is 99.1 cm³/mol. The van der Waals surface area contributed by atoms with Gasteiger partial charge in [0.15, 0.2) is 0 Å². The third-order valence-corrected chi connectivity index (χ3v) is 4.83. The lowest BCUT2D eigenvalue weighted by atomic mass is 9.84. The van der Waals surface area contributed by atoms with Gasteiger partial charge >= 0.3 is 0 Å². The van der Waals surface area contributed by atoms with Crippen molar-refractivity contribution in [3.8, 4) is 22.6 Å². The molecule has 1 aliphatic rings. The molecule has 0 bridgehead atoms. The number of benzene rings is 1. The fraction of sp³-hybridized carbons (Fsp3) is 0.400. The van der Waals surface area contributed by atoms with Crippen LogP contribution in [0, 0.1) is 5.41 Å². The molecule has 1 aliphatic heterocycles. The molecule has 6 heteroatoms. The number of rotatable bonds is 4. The van der Waals surface area contributed by atoms with Gasteiger partial charge in [-0.2, -0.15) is 4.98 Å². The van der Waals surface area contributed by atoms with Gasteiger partial charge in [-0.1, -0.05) is 43.3 Å². The van der Waals surface area contributed by atoms with Crippen LogP contribution in [-0.4, -0.2) is 38.1 Å². The maximum Gasteiger partial charge on any atom is 0.241 e. The molecular weight excluding hydrogens is 326 g/mol. The van der Waals surface area contributed by atoms with E-state index in [0.717, 1.165) is 36.5 Å². The number of aromatic nitrogens is 4. The number of piperidine rings is 1. The van der Waals surface area contributed by atoms with Gasteiger partial charge in [-0.25, -0.2) is 9.97 Å². The van der Waals surface area contributed by atoms with Crippen LogP contribution >= 0.6 is 0 Å². The summed E-state index contributed by atoms with van der Waals surface area (Å²) < 4.78 is 5.48. The number of likely N-dealkylation sites (tertiary alicyclic amines) is 1. The molecule has 0 unspecified atom stereocenters. The molecule has 0 N–H and O–H groups in total. The smallest absolute Gasteiger partial charge is 0.241 e. The van der Waals surface area contributed by atoms with Crippen molar-refractivity contribution in [3.63, 3.8) is 0 Å². The molecule has 1 saturated heterocycles. The Kier molecular flexibility index (Phi) is 4.51. The van der Waals surface area contributed by atoms with Crippen molar-refractivity contribution in [2.45, 2.75) is 33.2 Å². The first-order valence-corrected chi connectivity index (χ1v) is 9.01. The summed E-state index contributed by atoms with van der Waals surface area (Å²) in [5.41, 5.74) is 3.23. The molecule has 4 rings (SSSR count). The Morgan fingerprint density at radius 3 is 2.65 bits per heavy atom. The molecule has 0 amide bonds. The van der Waals surface area contributed by atoms with Crippen molar-refractivity contribution in [1.29, 1.82) is 0 Å². The van der Waals surface area contributed by atoms with Crippen LogP contribution in [0.5, 0.6) is 0 Å². The maximum absolute atomic E-state index is 5.48. The van der Waals surface area contributed by atoms with Gasteiger partial charge in [-0.05, 0) is 30.9 Å². The van der Waals surface area contributed by atoms with E-state index in [2.05, 4.69) is 38.9 Å². The molecule has 0 radical (unpaired) electrons. The molecule has 0 spiro atoms. The summed E-state index contributed by atoms with van der Waals surface area (Å²) in [6.45, 7) is 7.51. The molecule has 2 aromatic heterocycles. The van der Waals surface area contributed by atoms with Crippen molar-refractivity contribution in [3.05, 3.63) is 48.7 Å². The SMILES string of the molecule is CC1(C)CCCN(Cc2nc(-c3ccc(-c4ccncn4)cc3)no2)C1. The van der Waals surface area contributed by atoms with Crippen molar-refractivity contribution in [2.24, 2.45) is 5.41 Å². The van der Waals surface area contributed by atoms with Gasteiger partial charge in [-0.3, -0.25) is 4.90 Å². The molecule has 26 heavy (non-hydrogen) atoms. The molecule has 3 heterocycles. The first-order chi connectivity index (χ1) is 12.6. The highest BCUT2D eigenvalue weighted by atomic mass is 16.5. The highest BCUT2D eigenvalue weighted by Gasteiger charge is 2.27. The zero-order valence-electron chi connectivity index (χ0n) is 15.2. The lowest BCUT2D eigenvalue weighted by molar-refractivity contribution is 0.101. The summed E-state index contributed by atoms with van der Waals surface area (Å²) in [5.74, 6) is 1.31. The molecule has 3 aromatic rings. The average Bonchev–Trinajstić information content (AvgIpc) is 3.10. The summed E-state index contributed by atoms with van der Waals surface area (Å²) >= 11 is 0. The van der Waals surface area contributed by atoms with Gasteiger partial charge < -0.3 is 4.52 Å². The normalized spacial score (nSPS) is 17.3. The van der Waals surface area contributed by atoms with Gasteiger partial charge in [0.2, 0.25) is 11.7 Å². The van der Waals surface area contributed by atoms with Crippen LogP contribution in [0.3, 0.4) is 0 Å². The highest BCUT2D eigenvalue weighted by Crippen LogP contribution is 2.29. The minimum Gasteiger partial charge on any atom is -0.338 e. The van der Waals surface area contributed by atoms with E-state index in [1.54, 1.807) is 12.5 Å². The van der Waals surface area contributed by atoms with E-state index >= 15 is 0 Å². The van der Waals surface area contributed by atoms with Crippen LogP contribution in [-0.2, 0) is 6.54 Å². The van der Waals surface area contributed by atoms with E-state index in [0.29, 0.717) is 17.1 Å². The molecule has 6 nitrogen and oxygen atoms in total. The van der Waals surface area contributed by atoms with E-state index in [1.807, 2.05) is 30.3 Å². The molecule has 1 aromatic carbocycles. The Morgan fingerprint density at radius 1 is 1.12 bits per heavy atom. The quantitative estimate of drug-likeness (QED) is 0.713. The summed E-state index contributed by atoms with van der Waals surface area (Å²) in [6.07, 6.45) is 5.79. The van der Waals surface area contributed by atoms with Crippen molar-refractivity contribution in [2.75, 3.05) is 13.1 Å². The van der Waals surface area contributed by atoms with Gasteiger partial charge in [0.25, 0.3) is 0 Å². The van der Waals surface area contributed by atoms with E-state index in [9.17, 15) is 0 Å². The molecule has 134 valence electrons. The second kappa shape index (κ2) is 6.96. The fourth-order valence-corrected chi connectivity index (χ4v) is 3.56. The van der Waals surface area contributed by atoms with Crippen LogP contribution in [0.1, 0.15) is 32.6 Å². The number of hydrogen-bond acceptors (Lipinski definition) is 6. The highest BCUT2D eigenvalue weighted by molar-refractivity contribution is 5.64. The van der Waals surface area contributed by atoms with Crippen LogP contribution in [0.15, 0.2) is 47.4 Å².